The Morgan fingerprint density at radius 3 is 2.52 bits per heavy atom. The van der Waals surface area contributed by atoms with E-state index < -0.39 is 0 Å². The van der Waals surface area contributed by atoms with Crippen molar-refractivity contribution in [2.75, 3.05) is 6.61 Å². The van der Waals surface area contributed by atoms with E-state index in [0.29, 0.717) is 12.3 Å². The third-order valence-electron chi connectivity index (χ3n) is 3.84. The topological polar surface area (TPSA) is 56.1 Å². The largest absolute Gasteiger partial charge is 0.480 e. The van der Waals surface area contributed by atoms with E-state index in [0.717, 1.165) is 11.1 Å². The van der Waals surface area contributed by atoms with Crippen molar-refractivity contribution >= 4 is 5.91 Å². The van der Waals surface area contributed by atoms with Crippen LogP contribution in [0.1, 0.15) is 24.1 Å². The highest BCUT2D eigenvalue weighted by Gasteiger charge is 2.10. The second-order valence-electron chi connectivity index (χ2n) is 5.85. The van der Waals surface area contributed by atoms with Gasteiger partial charge in [-0.2, -0.15) is 5.10 Å². The molecule has 5 nitrogen and oxygen atoms in total. The van der Waals surface area contributed by atoms with Crippen molar-refractivity contribution in [3.8, 4) is 5.75 Å². The average molecular weight is 335 g/mol. The Labute approximate surface area is 147 Å². The van der Waals surface area contributed by atoms with Gasteiger partial charge in [0, 0.05) is 0 Å². The lowest BCUT2D eigenvalue weighted by Crippen LogP contribution is -2.31. The van der Waals surface area contributed by atoms with Crippen molar-refractivity contribution in [1.82, 2.24) is 15.1 Å². The quantitative estimate of drug-likeness (QED) is 0.721. The summed E-state index contributed by atoms with van der Waals surface area (Å²) in [4.78, 5) is 12.0. The van der Waals surface area contributed by atoms with Crippen LogP contribution in [0.25, 0.3) is 0 Å². The maximum absolute atomic E-state index is 12.0. The summed E-state index contributed by atoms with van der Waals surface area (Å²) in [5, 5.41) is 7.18. The van der Waals surface area contributed by atoms with Gasteiger partial charge in [-0.05, 0) is 18.1 Å². The molecule has 0 spiro atoms. The molecule has 1 atom stereocenters. The third kappa shape index (κ3) is 4.94. The number of rotatable bonds is 7. The SMILES string of the molecule is CC(NC(=O)COc1cnn(Cc2ccccc2)c1)c1ccccc1. The second-order valence-corrected chi connectivity index (χ2v) is 5.85. The molecule has 5 heteroatoms. The molecule has 1 unspecified atom stereocenters. The summed E-state index contributed by atoms with van der Waals surface area (Å²) >= 11 is 0. The Bertz CT molecular complexity index is 800. The number of amides is 1. The Morgan fingerprint density at radius 2 is 1.80 bits per heavy atom. The number of carbonyl (C=O) groups is 1. The van der Waals surface area contributed by atoms with Crippen LogP contribution < -0.4 is 10.1 Å². The summed E-state index contributed by atoms with van der Waals surface area (Å²) in [5.74, 6) is 0.422. The maximum Gasteiger partial charge on any atom is 0.258 e. The number of hydrogen-bond donors (Lipinski definition) is 1. The van der Waals surface area contributed by atoms with Crippen molar-refractivity contribution in [2.24, 2.45) is 0 Å². The standard InChI is InChI=1S/C20H21N3O2/c1-16(18-10-6-3-7-11-18)22-20(24)15-25-19-12-21-23(14-19)13-17-8-4-2-5-9-17/h2-12,14,16H,13,15H2,1H3,(H,22,24). The molecule has 1 N–H and O–H groups in total. The predicted octanol–water partition coefficient (Wildman–Crippen LogP) is 3.19. The van der Waals surface area contributed by atoms with Crippen LogP contribution in [0, 0.1) is 0 Å². The maximum atomic E-state index is 12.0. The first-order valence-electron chi connectivity index (χ1n) is 8.24. The first kappa shape index (κ1) is 16.8. The van der Waals surface area contributed by atoms with Crippen molar-refractivity contribution in [1.29, 1.82) is 0 Å². The van der Waals surface area contributed by atoms with Gasteiger partial charge >= 0.3 is 0 Å². The summed E-state index contributed by atoms with van der Waals surface area (Å²) in [7, 11) is 0. The van der Waals surface area contributed by atoms with Gasteiger partial charge in [0.15, 0.2) is 12.4 Å². The molecule has 3 aromatic rings. The monoisotopic (exact) mass is 335 g/mol. The molecule has 0 aliphatic rings. The molecule has 1 amide bonds. The first-order chi connectivity index (χ1) is 12.2. The molecule has 0 radical (unpaired) electrons. The molecule has 0 saturated carbocycles. The normalized spacial score (nSPS) is 11.7. The van der Waals surface area contributed by atoms with E-state index in [1.807, 2.05) is 67.6 Å². The van der Waals surface area contributed by atoms with Crippen LogP contribution in [0.4, 0.5) is 0 Å². The fourth-order valence-corrected chi connectivity index (χ4v) is 2.53. The van der Waals surface area contributed by atoms with Crippen LogP contribution in [0.15, 0.2) is 73.1 Å². The average Bonchev–Trinajstić information content (AvgIpc) is 3.09. The number of hydrogen-bond acceptors (Lipinski definition) is 3. The van der Waals surface area contributed by atoms with Gasteiger partial charge in [-0.25, -0.2) is 0 Å². The lowest BCUT2D eigenvalue weighted by molar-refractivity contribution is -0.123. The Morgan fingerprint density at radius 1 is 1.12 bits per heavy atom. The van der Waals surface area contributed by atoms with Gasteiger partial charge < -0.3 is 10.1 Å². The molecule has 0 bridgehead atoms. The Kier molecular flexibility index (Phi) is 5.46. The minimum atomic E-state index is -0.160. The Hall–Kier alpha value is -3.08. The van der Waals surface area contributed by atoms with Crippen LogP contribution in [0.2, 0.25) is 0 Å². The van der Waals surface area contributed by atoms with Crippen molar-refractivity contribution in [2.45, 2.75) is 19.5 Å². The predicted molar refractivity (Wildman–Crippen MR) is 96.3 cm³/mol. The van der Waals surface area contributed by atoms with E-state index in [2.05, 4.69) is 10.4 Å². The van der Waals surface area contributed by atoms with Crippen molar-refractivity contribution < 1.29 is 9.53 Å². The molecule has 0 aliphatic carbocycles. The molecule has 1 aromatic heterocycles. The van der Waals surface area contributed by atoms with Gasteiger partial charge in [-0.15, -0.1) is 0 Å². The van der Waals surface area contributed by atoms with E-state index in [4.69, 9.17) is 4.74 Å². The van der Waals surface area contributed by atoms with Gasteiger partial charge in [0.2, 0.25) is 0 Å². The van der Waals surface area contributed by atoms with E-state index in [9.17, 15) is 4.79 Å². The summed E-state index contributed by atoms with van der Waals surface area (Å²) in [6.45, 7) is 2.58. The summed E-state index contributed by atoms with van der Waals surface area (Å²) in [6, 6.07) is 19.8. The molecule has 0 saturated heterocycles. The third-order valence-corrected chi connectivity index (χ3v) is 3.84. The van der Waals surface area contributed by atoms with E-state index in [1.54, 1.807) is 17.1 Å². The number of aromatic nitrogens is 2. The molecule has 1 heterocycles. The Balaban J connectivity index is 1.48. The van der Waals surface area contributed by atoms with Crippen LogP contribution in [-0.2, 0) is 11.3 Å². The zero-order valence-corrected chi connectivity index (χ0v) is 14.1. The molecule has 2 aromatic carbocycles. The van der Waals surface area contributed by atoms with Crippen LogP contribution in [0.5, 0.6) is 5.75 Å². The molecular weight excluding hydrogens is 314 g/mol. The van der Waals surface area contributed by atoms with Gasteiger partial charge in [-0.1, -0.05) is 60.7 Å². The summed E-state index contributed by atoms with van der Waals surface area (Å²) < 4.78 is 7.31. The number of nitrogens with one attached hydrogen (secondary N) is 1. The highest BCUT2D eigenvalue weighted by Crippen LogP contribution is 2.12. The van der Waals surface area contributed by atoms with E-state index in [1.165, 1.54) is 0 Å². The fourth-order valence-electron chi connectivity index (χ4n) is 2.53. The number of benzene rings is 2. The van der Waals surface area contributed by atoms with Crippen molar-refractivity contribution in [3.63, 3.8) is 0 Å². The molecule has 0 fully saturated rings. The fraction of sp³-hybridized carbons (Fsp3) is 0.200. The van der Waals surface area contributed by atoms with E-state index >= 15 is 0 Å². The van der Waals surface area contributed by atoms with Gasteiger partial charge in [0.25, 0.3) is 5.91 Å². The zero-order valence-electron chi connectivity index (χ0n) is 14.1. The molecule has 25 heavy (non-hydrogen) atoms. The smallest absolute Gasteiger partial charge is 0.258 e. The number of ether oxygens (including phenoxy) is 1. The minimum Gasteiger partial charge on any atom is -0.480 e. The van der Waals surface area contributed by atoms with E-state index in [-0.39, 0.29) is 18.6 Å². The van der Waals surface area contributed by atoms with Gasteiger partial charge in [0.1, 0.15) is 0 Å². The van der Waals surface area contributed by atoms with Crippen LogP contribution in [-0.4, -0.2) is 22.3 Å². The molecule has 3 rings (SSSR count). The highest BCUT2D eigenvalue weighted by atomic mass is 16.5. The minimum absolute atomic E-state index is 0.0335. The van der Waals surface area contributed by atoms with Gasteiger partial charge in [-0.3, -0.25) is 9.48 Å². The number of nitrogens with zero attached hydrogens (tertiary/aromatic N) is 2. The van der Waals surface area contributed by atoms with Crippen LogP contribution in [0.3, 0.4) is 0 Å². The molecule has 128 valence electrons. The highest BCUT2D eigenvalue weighted by molar-refractivity contribution is 5.78. The zero-order chi connectivity index (χ0) is 17.5. The second kappa shape index (κ2) is 8.15. The lowest BCUT2D eigenvalue weighted by Gasteiger charge is -2.14. The number of carbonyl (C=O) groups excluding carboxylic acids is 1. The van der Waals surface area contributed by atoms with Crippen LogP contribution >= 0.6 is 0 Å². The first-order valence-corrected chi connectivity index (χ1v) is 8.24. The summed E-state index contributed by atoms with van der Waals surface area (Å²) in [6.07, 6.45) is 3.41. The summed E-state index contributed by atoms with van der Waals surface area (Å²) in [5.41, 5.74) is 2.22. The molecular formula is C20H21N3O2. The molecule has 0 aliphatic heterocycles. The lowest BCUT2D eigenvalue weighted by atomic mass is 10.1. The van der Waals surface area contributed by atoms with Crippen molar-refractivity contribution in [3.05, 3.63) is 84.2 Å². The van der Waals surface area contributed by atoms with Gasteiger partial charge in [0.05, 0.1) is 25.0 Å².